The van der Waals surface area contributed by atoms with Gasteiger partial charge in [-0.25, -0.2) is 0 Å². The molecular formula is C23H26N2O3. The van der Waals surface area contributed by atoms with Crippen LogP contribution in [-0.2, 0) is 9.59 Å². The maximum absolute atomic E-state index is 12.4. The standard InChI is InChI=1S/C23H26N2O3/c1-28-21-13-6-5-8-17(21)14-15-22(26)24-19-11-7-12-20(16-19)25-23(27)18-9-3-2-4-10-18/h5-8,11-16,18H,2-4,9-10H2,1H3,(H,24,26)(H,25,27)/b15-14+. The Morgan fingerprint density at radius 1 is 0.964 bits per heavy atom. The predicted molar refractivity (Wildman–Crippen MR) is 112 cm³/mol. The van der Waals surface area contributed by atoms with Gasteiger partial charge < -0.3 is 15.4 Å². The summed E-state index contributed by atoms with van der Waals surface area (Å²) in [6, 6.07) is 14.7. The number of hydrogen-bond acceptors (Lipinski definition) is 3. The number of amides is 2. The second-order valence-electron chi connectivity index (χ2n) is 6.97. The highest BCUT2D eigenvalue weighted by molar-refractivity contribution is 6.02. The van der Waals surface area contributed by atoms with Crippen molar-refractivity contribution in [2.75, 3.05) is 17.7 Å². The van der Waals surface area contributed by atoms with E-state index in [4.69, 9.17) is 4.74 Å². The third kappa shape index (κ3) is 5.46. The summed E-state index contributed by atoms with van der Waals surface area (Å²) in [4.78, 5) is 24.6. The van der Waals surface area contributed by atoms with Gasteiger partial charge in [0.2, 0.25) is 11.8 Å². The van der Waals surface area contributed by atoms with Gasteiger partial charge in [0.15, 0.2) is 0 Å². The number of carbonyl (C=O) groups is 2. The minimum absolute atomic E-state index is 0.0687. The third-order valence-electron chi connectivity index (χ3n) is 4.93. The number of benzene rings is 2. The van der Waals surface area contributed by atoms with Crippen molar-refractivity contribution in [1.29, 1.82) is 0 Å². The van der Waals surface area contributed by atoms with E-state index < -0.39 is 0 Å². The Kier molecular flexibility index (Phi) is 6.84. The van der Waals surface area contributed by atoms with Crippen LogP contribution in [0, 0.1) is 5.92 Å². The van der Waals surface area contributed by atoms with Crippen LogP contribution in [-0.4, -0.2) is 18.9 Å². The first-order chi connectivity index (χ1) is 13.7. The SMILES string of the molecule is COc1ccccc1/C=C/C(=O)Nc1cccc(NC(=O)C2CCCCC2)c1. The number of para-hydroxylation sites is 1. The molecule has 1 fully saturated rings. The molecule has 0 heterocycles. The van der Waals surface area contributed by atoms with Gasteiger partial charge in [0.05, 0.1) is 7.11 Å². The van der Waals surface area contributed by atoms with Crippen molar-refractivity contribution < 1.29 is 14.3 Å². The second-order valence-corrected chi connectivity index (χ2v) is 6.97. The molecule has 1 aliphatic rings. The van der Waals surface area contributed by atoms with E-state index in [9.17, 15) is 9.59 Å². The van der Waals surface area contributed by atoms with E-state index in [0.717, 1.165) is 31.2 Å². The number of methoxy groups -OCH3 is 1. The lowest BCUT2D eigenvalue weighted by Gasteiger charge is -2.20. The first kappa shape index (κ1) is 19.7. The molecule has 5 nitrogen and oxygen atoms in total. The summed E-state index contributed by atoms with van der Waals surface area (Å²) in [5.41, 5.74) is 2.16. The summed E-state index contributed by atoms with van der Waals surface area (Å²) < 4.78 is 5.28. The molecule has 0 radical (unpaired) electrons. The van der Waals surface area contributed by atoms with Crippen molar-refractivity contribution in [1.82, 2.24) is 0 Å². The number of ether oxygens (including phenoxy) is 1. The Bertz CT molecular complexity index is 854. The number of hydrogen-bond donors (Lipinski definition) is 2. The van der Waals surface area contributed by atoms with Crippen LogP contribution >= 0.6 is 0 Å². The molecule has 2 amide bonds. The molecule has 0 saturated heterocycles. The van der Waals surface area contributed by atoms with Crippen molar-refractivity contribution in [3.63, 3.8) is 0 Å². The van der Waals surface area contributed by atoms with Gasteiger partial charge in [-0.05, 0) is 43.2 Å². The zero-order chi connectivity index (χ0) is 19.8. The fraction of sp³-hybridized carbons (Fsp3) is 0.304. The lowest BCUT2D eigenvalue weighted by atomic mass is 9.88. The van der Waals surface area contributed by atoms with Crippen LogP contribution in [0.15, 0.2) is 54.6 Å². The largest absolute Gasteiger partial charge is 0.496 e. The average molecular weight is 378 g/mol. The lowest BCUT2D eigenvalue weighted by molar-refractivity contribution is -0.120. The maximum Gasteiger partial charge on any atom is 0.248 e. The zero-order valence-corrected chi connectivity index (χ0v) is 16.1. The minimum Gasteiger partial charge on any atom is -0.496 e. The molecule has 0 atom stereocenters. The van der Waals surface area contributed by atoms with E-state index in [2.05, 4.69) is 10.6 Å². The number of rotatable bonds is 6. The molecule has 0 bridgehead atoms. The van der Waals surface area contributed by atoms with Crippen LogP contribution in [0.4, 0.5) is 11.4 Å². The van der Waals surface area contributed by atoms with E-state index in [1.165, 1.54) is 12.5 Å². The van der Waals surface area contributed by atoms with E-state index in [-0.39, 0.29) is 17.7 Å². The molecule has 5 heteroatoms. The molecule has 0 unspecified atom stereocenters. The highest BCUT2D eigenvalue weighted by atomic mass is 16.5. The smallest absolute Gasteiger partial charge is 0.248 e. The number of anilines is 2. The van der Waals surface area contributed by atoms with Crippen LogP contribution in [0.2, 0.25) is 0 Å². The monoisotopic (exact) mass is 378 g/mol. The molecule has 28 heavy (non-hydrogen) atoms. The topological polar surface area (TPSA) is 67.4 Å². The summed E-state index contributed by atoms with van der Waals surface area (Å²) in [5.74, 6) is 0.621. The fourth-order valence-electron chi connectivity index (χ4n) is 3.44. The van der Waals surface area contributed by atoms with Crippen molar-refractivity contribution in [3.05, 3.63) is 60.2 Å². The van der Waals surface area contributed by atoms with E-state index in [1.54, 1.807) is 25.3 Å². The molecule has 0 aliphatic heterocycles. The number of nitrogens with one attached hydrogen (secondary N) is 2. The molecule has 2 aromatic carbocycles. The molecule has 146 valence electrons. The van der Waals surface area contributed by atoms with Crippen LogP contribution in [0.25, 0.3) is 6.08 Å². The Hall–Kier alpha value is -3.08. The normalized spacial score (nSPS) is 14.6. The van der Waals surface area contributed by atoms with Crippen LogP contribution < -0.4 is 15.4 Å². The van der Waals surface area contributed by atoms with E-state index in [1.807, 2.05) is 36.4 Å². The summed E-state index contributed by atoms with van der Waals surface area (Å²) in [6.07, 6.45) is 8.53. The van der Waals surface area contributed by atoms with Gasteiger partial charge in [0.25, 0.3) is 0 Å². The first-order valence-corrected chi connectivity index (χ1v) is 9.69. The molecule has 1 aliphatic carbocycles. The highest BCUT2D eigenvalue weighted by Crippen LogP contribution is 2.25. The van der Waals surface area contributed by atoms with E-state index >= 15 is 0 Å². The van der Waals surface area contributed by atoms with E-state index in [0.29, 0.717) is 17.1 Å². The van der Waals surface area contributed by atoms with Gasteiger partial charge in [-0.3, -0.25) is 9.59 Å². The Balaban J connectivity index is 1.59. The molecule has 1 saturated carbocycles. The van der Waals surface area contributed by atoms with Crippen LogP contribution in [0.1, 0.15) is 37.7 Å². The predicted octanol–water partition coefficient (Wildman–Crippen LogP) is 4.87. The second kappa shape index (κ2) is 9.74. The molecule has 3 rings (SSSR count). The van der Waals surface area contributed by atoms with Crippen molar-refractivity contribution >= 4 is 29.3 Å². The zero-order valence-electron chi connectivity index (χ0n) is 16.1. The quantitative estimate of drug-likeness (QED) is 0.705. The van der Waals surface area contributed by atoms with Crippen molar-refractivity contribution in [2.45, 2.75) is 32.1 Å². The minimum atomic E-state index is -0.248. The van der Waals surface area contributed by atoms with Gasteiger partial charge in [0.1, 0.15) is 5.75 Å². The first-order valence-electron chi connectivity index (χ1n) is 9.69. The lowest BCUT2D eigenvalue weighted by Crippen LogP contribution is -2.24. The molecule has 2 aromatic rings. The van der Waals surface area contributed by atoms with Gasteiger partial charge in [-0.1, -0.05) is 43.5 Å². The van der Waals surface area contributed by atoms with Crippen molar-refractivity contribution in [3.8, 4) is 5.75 Å². The molecule has 0 spiro atoms. The highest BCUT2D eigenvalue weighted by Gasteiger charge is 2.21. The molecular weight excluding hydrogens is 352 g/mol. The Labute approximate surface area is 165 Å². The van der Waals surface area contributed by atoms with Crippen LogP contribution in [0.3, 0.4) is 0 Å². The maximum atomic E-state index is 12.4. The summed E-state index contributed by atoms with van der Waals surface area (Å²) in [6.45, 7) is 0. The fourth-order valence-corrected chi connectivity index (χ4v) is 3.44. The van der Waals surface area contributed by atoms with Gasteiger partial charge >= 0.3 is 0 Å². The summed E-state index contributed by atoms with van der Waals surface area (Å²) in [7, 11) is 1.60. The van der Waals surface area contributed by atoms with Gasteiger partial charge in [0, 0.05) is 28.9 Å². The molecule has 2 N–H and O–H groups in total. The number of carbonyl (C=O) groups excluding carboxylic acids is 2. The third-order valence-corrected chi connectivity index (χ3v) is 4.93. The summed E-state index contributed by atoms with van der Waals surface area (Å²) >= 11 is 0. The Morgan fingerprint density at radius 2 is 1.68 bits per heavy atom. The van der Waals surface area contributed by atoms with Crippen molar-refractivity contribution in [2.24, 2.45) is 5.92 Å². The average Bonchev–Trinajstić information content (AvgIpc) is 2.73. The van der Waals surface area contributed by atoms with Gasteiger partial charge in [-0.2, -0.15) is 0 Å². The molecule has 0 aromatic heterocycles. The van der Waals surface area contributed by atoms with Gasteiger partial charge in [-0.15, -0.1) is 0 Å². The Morgan fingerprint density at radius 3 is 2.43 bits per heavy atom. The van der Waals surface area contributed by atoms with Crippen LogP contribution in [0.5, 0.6) is 5.75 Å². The summed E-state index contributed by atoms with van der Waals surface area (Å²) in [5, 5.41) is 5.80.